The molecular weight excluding hydrogens is 258 g/mol. The Morgan fingerprint density at radius 1 is 1.73 bits per heavy atom. The van der Waals surface area contributed by atoms with Gasteiger partial charge in [-0.1, -0.05) is 15.9 Å². The smallest absolute Gasteiger partial charge is 0.274 e. The number of aromatic nitrogens is 2. The molecule has 1 aliphatic heterocycles. The van der Waals surface area contributed by atoms with Gasteiger partial charge in [0.1, 0.15) is 5.69 Å². The number of likely N-dealkylation sites (tertiary alicyclic amines) is 1. The third kappa shape index (κ3) is 2.22. The minimum absolute atomic E-state index is 0.0547. The van der Waals surface area contributed by atoms with E-state index in [1.807, 2.05) is 11.9 Å². The Kier molecular flexibility index (Phi) is 3.09. The van der Waals surface area contributed by atoms with E-state index in [0.717, 1.165) is 24.8 Å². The van der Waals surface area contributed by atoms with E-state index < -0.39 is 0 Å². The number of carbonyl (C=O) groups is 1. The van der Waals surface area contributed by atoms with Crippen LogP contribution in [0.3, 0.4) is 0 Å². The molecule has 0 aliphatic carbocycles. The molecular formula is C10H14BrN3O. The Balaban J connectivity index is 2.03. The Labute approximate surface area is 97.4 Å². The number of hydrogen-bond donors (Lipinski definition) is 0. The van der Waals surface area contributed by atoms with Crippen LogP contribution in [0.1, 0.15) is 16.9 Å². The standard InChI is InChI=1S/C10H14BrN3O/c1-13-6-9(12-7-13)10(15)14-3-2-8(4-11)5-14/h6-8H,2-5H2,1H3. The van der Waals surface area contributed by atoms with Gasteiger partial charge >= 0.3 is 0 Å². The van der Waals surface area contributed by atoms with Crippen LogP contribution in [0.5, 0.6) is 0 Å². The highest BCUT2D eigenvalue weighted by molar-refractivity contribution is 9.09. The molecule has 0 radical (unpaired) electrons. The first-order valence-electron chi connectivity index (χ1n) is 5.04. The third-order valence-corrected chi connectivity index (χ3v) is 3.63. The number of alkyl halides is 1. The van der Waals surface area contributed by atoms with Gasteiger partial charge in [0.05, 0.1) is 6.33 Å². The van der Waals surface area contributed by atoms with Gasteiger partial charge in [0.2, 0.25) is 0 Å². The average Bonchev–Trinajstić information content (AvgIpc) is 2.84. The molecule has 1 fully saturated rings. The summed E-state index contributed by atoms with van der Waals surface area (Å²) in [5, 5.41) is 0.971. The van der Waals surface area contributed by atoms with E-state index in [4.69, 9.17) is 0 Å². The summed E-state index contributed by atoms with van der Waals surface area (Å²) in [6, 6.07) is 0. The lowest BCUT2D eigenvalue weighted by atomic mass is 10.2. The van der Waals surface area contributed by atoms with Gasteiger partial charge in [-0.25, -0.2) is 4.98 Å². The van der Waals surface area contributed by atoms with Crippen LogP contribution >= 0.6 is 15.9 Å². The summed E-state index contributed by atoms with van der Waals surface area (Å²) in [6.07, 6.45) is 4.51. The predicted molar refractivity (Wildman–Crippen MR) is 61.0 cm³/mol. The van der Waals surface area contributed by atoms with Crippen molar-refractivity contribution in [3.05, 3.63) is 18.2 Å². The quantitative estimate of drug-likeness (QED) is 0.761. The summed E-state index contributed by atoms with van der Waals surface area (Å²) in [7, 11) is 1.87. The number of nitrogens with zero attached hydrogens (tertiary/aromatic N) is 3. The van der Waals surface area contributed by atoms with Crippen molar-refractivity contribution in [3.63, 3.8) is 0 Å². The van der Waals surface area contributed by atoms with Crippen molar-refractivity contribution in [3.8, 4) is 0 Å². The summed E-state index contributed by atoms with van der Waals surface area (Å²) in [5.74, 6) is 0.650. The first-order chi connectivity index (χ1) is 7.20. The SMILES string of the molecule is Cn1cnc(C(=O)N2CCC(CBr)C2)c1. The molecule has 1 saturated heterocycles. The molecule has 0 spiro atoms. The molecule has 0 bridgehead atoms. The summed E-state index contributed by atoms with van der Waals surface area (Å²) >= 11 is 3.46. The van der Waals surface area contributed by atoms with Crippen molar-refractivity contribution in [2.75, 3.05) is 18.4 Å². The van der Waals surface area contributed by atoms with Crippen LogP contribution in [0.15, 0.2) is 12.5 Å². The molecule has 1 aliphatic rings. The monoisotopic (exact) mass is 271 g/mol. The zero-order valence-corrected chi connectivity index (χ0v) is 10.3. The van der Waals surface area contributed by atoms with E-state index in [2.05, 4.69) is 20.9 Å². The molecule has 2 rings (SSSR count). The number of halogens is 1. The van der Waals surface area contributed by atoms with Gasteiger partial charge in [0.25, 0.3) is 5.91 Å². The normalized spacial score (nSPS) is 20.9. The van der Waals surface area contributed by atoms with Gasteiger partial charge in [-0.15, -0.1) is 0 Å². The zero-order chi connectivity index (χ0) is 10.8. The fourth-order valence-electron chi connectivity index (χ4n) is 1.83. The molecule has 4 nitrogen and oxygen atoms in total. The highest BCUT2D eigenvalue weighted by atomic mass is 79.9. The van der Waals surface area contributed by atoms with E-state index in [1.165, 1.54) is 0 Å². The van der Waals surface area contributed by atoms with Gasteiger partial charge in [-0.2, -0.15) is 0 Å². The Bertz CT molecular complexity index is 363. The van der Waals surface area contributed by atoms with E-state index in [9.17, 15) is 4.79 Å². The number of aryl methyl sites for hydroxylation is 1. The second-order valence-electron chi connectivity index (χ2n) is 3.98. The van der Waals surface area contributed by atoms with Crippen LogP contribution in [0.25, 0.3) is 0 Å². The van der Waals surface area contributed by atoms with Crippen molar-refractivity contribution in [2.24, 2.45) is 13.0 Å². The van der Waals surface area contributed by atoms with Crippen LogP contribution in [0.2, 0.25) is 0 Å². The first-order valence-corrected chi connectivity index (χ1v) is 6.16. The third-order valence-electron chi connectivity index (χ3n) is 2.72. The number of imidazole rings is 1. The maximum absolute atomic E-state index is 12.0. The molecule has 1 aromatic heterocycles. The van der Waals surface area contributed by atoms with Crippen LogP contribution in [-0.2, 0) is 7.05 Å². The Morgan fingerprint density at radius 3 is 3.07 bits per heavy atom. The summed E-state index contributed by atoms with van der Waals surface area (Å²) < 4.78 is 1.80. The second-order valence-corrected chi connectivity index (χ2v) is 4.63. The topological polar surface area (TPSA) is 38.1 Å². The Hall–Kier alpha value is -0.840. The Morgan fingerprint density at radius 2 is 2.53 bits per heavy atom. The van der Waals surface area contributed by atoms with E-state index in [0.29, 0.717) is 11.6 Å². The van der Waals surface area contributed by atoms with Gasteiger partial charge in [0, 0.05) is 31.7 Å². The lowest BCUT2D eigenvalue weighted by molar-refractivity contribution is 0.0783. The maximum Gasteiger partial charge on any atom is 0.274 e. The lowest BCUT2D eigenvalue weighted by Crippen LogP contribution is -2.29. The van der Waals surface area contributed by atoms with Crippen molar-refractivity contribution < 1.29 is 4.79 Å². The van der Waals surface area contributed by atoms with Crippen molar-refractivity contribution in [1.82, 2.24) is 14.5 Å². The number of carbonyl (C=O) groups excluding carboxylic acids is 1. The number of hydrogen-bond acceptors (Lipinski definition) is 2. The van der Waals surface area contributed by atoms with Crippen LogP contribution in [0, 0.1) is 5.92 Å². The largest absolute Gasteiger partial charge is 0.340 e. The zero-order valence-electron chi connectivity index (χ0n) is 8.69. The van der Waals surface area contributed by atoms with Crippen LogP contribution < -0.4 is 0 Å². The van der Waals surface area contributed by atoms with E-state index >= 15 is 0 Å². The molecule has 1 amide bonds. The van der Waals surface area contributed by atoms with Crippen molar-refractivity contribution in [1.29, 1.82) is 0 Å². The second kappa shape index (κ2) is 4.35. The van der Waals surface area contributed by atoms with Crippen molar-refractivity contribution in [2.45, 2.75) is 6.42 Å². The molecule has 2 heterocycles. The van der Waals surface area contributed by atoms with Crippen LogP contribution in [0.4, 0.5) is 0 Å². The lowest BCUT2D eigenvalue weighted by Gasteiger charge is -2.14. The molecule has 5 heteroatoms. The molecule has 1 atom stereocenters. The highest BCUT2D eigenvalue weighted by Gasteiger charge is 2.27. The summed E-state index contributed by atoms with van der Waals surface area (Å²) in [5.41, 5.74) is 0.549. The average molecular weight is 272 g/mol. The molecule has 0 aromatic carbocycles. The van der Waals surface area contributed by atoms with Gasteiger partial charge in [-0.05, 0) is 12.3 Å². The predicted octanol–water partition coefficient (Wildman–Crippen LogP) is 1.28. The minimum Gasteiger partial charge on any atom is -0.340 e. The van der Waals surface area contributed by atoms with Crippen LogP contribution in [-0.4, -0.2) is 38.8 Å². The molecule has 0 N–H and O–H groups in total. The fraction of sp³-hybridized carbons (Fsp3) is 0.600. The first kappa shape index (κ1) is 10.7. The van der Waals surface area contributed by atoms with Gasteiger partial charge < -0.3 is 9.47 Å². The van der Waals surface area contributed by atoms with Gasteiger partial charge in [-0.3, -0.25) is 4.79 Å². The van der Waals surface area contributed by atoms with Gasteiger partial charge in [0.15, 0.2) is 0 Å². The summed E-state index contributed by atoms with van der Waals surface area (Å²) in [4.78, 5) is 17.9. The van der Waals surface area contributed by atoms with E-state index in [1.54, 1.807) is 17.1 Å². The fourth-order valence-corrected chi connectivity index (χ4v) is 2.36. The highest BCUT2D eigenvalue weighted by Crippen LogP contribution is 2.19. The minimum atomic E-state index is 0.0547. The number of rotatable bonds is 2. The molecule has 0 saturated carbocycles. The molecule has 15 heavy (non-hydrogen) atoms. The molecule has 1 aromatic rings. The maximum atomic E-state index is 12.0. The molecule has 82 valence electrons. The number of amides is 1. The van der Waals surface area contributed by atoms with Crippen molar-refractivity contribution >= 4 is 21.8 Å². The van der Waals surface area contributed by atoms with E-state index in [-0.39, 0.29) is 5.91 Å². The molecule has 1 unspecified atom stereocenters. The summed E-state index contributed by atoms with van der Waals surface area (Å²) in [6.45, 7) is 1.70.